The Morgan fingerprint density at radius 1 is 0.625 bits per heavy atom. The van der Waals surface area contributed by atoms with Crippen molar-refractivity contribution in [2.24, 2.45) is 0 Å². The van der Waals surface area contributed by atoms with Crippen LogP contribution in [0.1, 0.15) is 108 Å². The van der Waals surface area contributed by atoms with Crippen molar-refractivity contribution in [2.75, 3.05) is 13.1 Å². The minimum atomic E-state index is -0.301. The predicted octanol–water partition coefficient (Wildman–Crippen LogP) is 4.94. The van der Waals surface area contributed by atoms with Crippen molar-refractivity contribution in [3.63, 3.8) is 0 Å². The van der Waals surface area contributed by atoms with Crippen molar-refractivity contribution in [1.29, 1.82) is 0 Å². The van der Waals surface area contributed by atoms with Crippen LogP contribution < -0.4 is 0 Å². The summed E-state index contributed by atoms with van der Waals surface area (Å²) in [5.41, 5.74) is -0.138. The van der Waals surface area contributed by atoms with Gasteiger partial charge in [0, 0.05) is 47.8 Å². The number of carbonyl (C=O) groups excluding carboxylic acids is 2. The van der Waals surface area contributed by atoms with E-state index in [0.29, 0.717) is 0 Å². The summed E-state index contributed by atoms with van der Waals surface area (Å²) >= 11 is 0. The Morgan fingerprint density at radius 3 is 1.09 bits per heavy atom. The van der Waals surface area contributed by atoms with E-state index in [1.54, 1.807) is 0 Å². The van der Waals surface area contributed by atoms with Crippen LogP contribution in [0.25, 0.3) is 0 Å². The van der Waals surface area contributed by atoms with E-state index in [2.05, 4.69) is 79.0 Å². The number of ether oxygens (including phenoxy) is 2. The van der Waals surface area contributed by atoms with E-state index in [1.807, 2.05) is 0 Å². The molecule has 6 heteroatoms. The molecule has 186 valence electrons. The number of likely N-dealkylation sites (tertiary alicyclic amines) is 2. The number of nitrogens with zero attached hydrogens (tertiary/aromatic N) is 2. The molecule has 0 aromatic rings. The summed E-state index contributed by atoms with van der Waals surface area (Å²) in [6.45, 7) is 24.0. The summed E-state index contributed by atoms with van der Waals surface area (Å²) in [5.74, 6) is -0.602. The molecule has 0 spiro atoms. The van der Waals surface area contributed by atoms with Gasteiger partial charge in [-0.2, -0.15) is 0 Å². The van der Waals surface area contributed by atoms with E-state index in [9.17, 15) is 9.59 Å². The Bertz CT molecular complexity index is 589. The van der Waals surface area contributed by atoms with Gasteiger partial charge in [-0.15, -0.1) is 0 Å². The van der Waals surface area contributed by atoms with Crippen LogP contribution in [0.2, 0.25) is 0 Å². The summed E-state index contributed by atoms with van der Waals surface area (Å²) < 4.78 is 11.6. The van der Waals surface area contributed by atoms with Crippen molar-refractivity contribution in [3.05, 3.63) is 0 Å². The van der Waals surface area contributed by atoms with Crippen LogP contribution in [0.15, 0.2) is 0 Å². The lowest BCUT2D eigenvalue weighted by molar-refractivity contribution is -0.167. The lowest BCUT2D eigenvalue weighted by atomic mass is 9.78. The van der Waals surface area contributed by atoms with Crippen LogP contribution in [0, 0.1) is 0 Å². The normalized spacial score (nSPS) is 25.9. The standard InChI is InChI=1S/C26H48N2O4/c1-11-27-23(3,4)15-19(16-24(27,5)6)31-21(29)13-14-22(30)32-20-17-25(7,8)28(12-2)26(9,10)18-20/h19-20H,11-18H2,1-10H3. The summed E-state index contributed by atoms with van der Waals surface area (Å²) in [6, 6.07) is 0. The molecule has 2 aliphatic heterocycles. The largest absolute Gasteiger partial charge is 0.462 e. The first-order chi connectivity index (χ1) is 14.5. The number of piperidine rings is 2. The quantitative estimate of drug-likeness (QED) is 0.510. The first-order valence-corrected chi connectivity index (χ1v) is 12.5. The molecule has 0 saturated carbocycles. The third-order valence-electron chi connectivity index (χ3n) is 7.59. The van der Waals surface area contributed by atoms with Gasteiger partial charge in [0.05, 0.1) is 12.8 Å². The summed E-state index contributed by atoms with van der Waals surface area (Å²) in [6.07, 6.45) is 3.14. The highest BCUT2D eigenvalue weighted by atomic mass is 16.6. The maximum Gasteiger partial charge on any atom is 0.306 e. The van der Waals surface area contributed by atoms with Crippen LogP contribution in [-0.4, -0.2) is 69.2 Å². The van der Waals surface area contributed by atoms with Crippen LogP contribution in [-0.2, 0) is 19.1 Å². The average Bonchev–Trinajstić information content (AvgIpc) is 2.56. The van der Waals surface area contributed by atoms with Gasteiger partial charge in [-0.1, -0.05) is 13.8 Å². The first-order valence-electron chi connectivity index (χ1n) is 12.5. The van der Waals surface area contributed by atoms with Crippen molar-refractivity contribution in [1.82, 2.24) is 9.80 Å². The molecule has 0 aliphatic carbocycles. The van der Waals surface area contributed by atoms with Gasteiger partial charge >= 0.3 is 11.9 Å². The van der Waals surface area contributed by atoms with E-state index < -0.39 is 0 Å². The molecule has 0 amide bonds. The number of hydrogen-bond donors (Lipinski definition) is 0. The highest BCUT2D eigenvalue weighted by Gasteiger charge is 2.47. The predicted molar refractivity (Wildman–Crippen MR) is 129 cm³/mol. The smallest absolute Gasteiger partial charge is 0.306 e. The lowest BCUT2D eigenvalue weighted by Gasteiger charge is -2.54. The highest BCUT2D eigenvalue weighted by Crippen LogP contribution is 2.40. The van der Waals surface area contributed by atoms with Gasteiger partial charge in [0.25, 0.3) is 0 Å². The number of carbonyl (C=O) groups is 2. The molecular formula is C26H48N2O4. The second kappa shape index (κ2) is 9.61. The molecule has 2 rings (SSSR count). The zero-order chi connectivity index (χ0) is 24.5. The van der Waals surface area contributed by atoms with Crippen LogP contribution in [0.3, 0.4) is 0 Å². The third-order valence-corrected chi connectivity index (χ3v) is 7.59. The van der Waals surface area contributed by atoms with Crippen molar-refractivity contribution in [2.45, 2.75) is 142 Å². The second-order valence-corrected chi connectivity index (χ2v) is 12.3. The van der Waals surface area contributed by atoms with Crippen molar-refractivity contribution >= 4 is 11.9 Å². The second-order valence-electron chi connectivity index (χ2n) is 12.3. The fourth-order valence-electron chi connectivity index (χ4n) is 7.02. The molecule has 0 radical (unpaired) electrons. The molecule has 0 bridgehead atoms. The van der Waals surface area contributed by atoms with E-state index in [-0.39, 0.29) is 59.1 Å². The van der Waals surface area contributed by atoms with Crippen molar-refractivity contribution < 1.29 is 19.1 Å². The van der Waals surface area contributed by atoms with Gasteiger partial charge in [0.15, 0.2) is 0 Å². The molecule has 2 saturated heterocycles. The number of esters is 2. The molecule has 0 unspecified atom stereocenters. The maximum atomic E-state index is 12.5. The topological polar surface area (TPSA) is 59.1 Å². The highest BCUT2D eigenvalue weighted by molar-refractivity contribution is 5.77. The molecule has 32 heavy (non-hydrogen) atoms. The number of rotatable bonds is 7. The van der Waals surface area contributed by atoms with Crippen molar-refractivity contribution in [3.8, 4) is 0 Å². The Hall–Kier alpha value is -1.14. The van der Waals surface area contributed by atoms with E-state index >= 15 is 0 Å². The first kappa shape index (κ1) is 27.1. The Kier molecular flexibility index (Phi) is 8.14. The van der Waals surface area contributed by atoms with Crippen LogP contribution in [0.4, 0.5) is 0 Å². The van der Waals surface area contributed by atoms with E-state index in [4.69, 9.17) is 9.47 Å². The fourth-order valence-corrected chi connectivity index (χ4v) is 7.02. The SMILES string of the molecule is CCN1C(C)(C)CC(OC(=O)CCC(=O)OC2CC(C)(C)N(CC)C(C)(C)C2)CC1(C)C. The molecule has 2 aliphatic rings. The van der Waals surface area contributed by atoms with Gasteiger partial charge < -0.3 is 9.47 Å². The molecule has 2 fully saturated rings. The zero-order valence-corrected chi connectivity index (χ0v) is 22.3. The van der Waals surface area contributed by atoms with E-state index in [0.717, 1.165) is 38.8 Å². The third kappa shape index (κ3) is 6.25. The van der Waals surface area contributed by atoms with Gasteiger partial charge in [-0.3, -0.25) is 19.4 Å². The molecule has 0 aromatic heterocycles. The summed E-state index contributed by atoms with van der Waals surface area (Å²) in [7, 11) is 0. The summed E-state index contributed by atoms with van der Waals surface area (Å²) in [5, 5.41) is 0. The molecule has 6 nitrogen and oxygen atoms in total. The lowest BCUT2D eigenvalue weighted by Crippen LogP contribution is -2.62. The Labute approximate surface area is 196 Å². The minimum absolute atomic E-state index is 0.0344. The van der Waals surface area contributed by atoms with Gasteiger partial charge in [0.1, 0.15) is 12.2 Å². The molecule has 0 atom stereocenters. The van der Waals surface area contributed by atoms with Gasteiger partial charge in [-0.25, -0.2) is 0 Å². The molecule has 0 aromatic carbocycles. The summed E-state index contributed by atoms with van der Waals surface area (Å²) in [4.78, 5) is 30.0. The van der Waals surface area contributed by atoms with E-state index in [1.165, 1.54) is 0 Å². The van der Waals surface area contributed by atoms with Crippen LogP contribution in [0.5, 0.6) is 0 Å². The minimum Gasteiger partial charge on any atom is -0.462 e. The Morgan fingerprint density at radius 2 is 0.875 bits per heavy atom. The molecule has 2 heterocycles. The monoisotopic (exact) mass is 452 g/mol. The van der Waals surface area contributed by atoms with Gasteiger partial charge in [-0.05, 0) is 68.5 Å². The fraction of sp³-hybridized carbons (Fsp3) is 0.923. The zero-order valence-electron chi connectivity index (χ0n) is 22.3. The van der Waals surface area contributed by atoms with Gasteiger partial charge in [0.2, 0.25) is 0 Å². The maximum absolute atomic E-state index is 12.5. The average molecular weight is 453 g/mol. The number of hydrogen-bond acceptors (Lipinski definition) is 6. The Balaban J connectivity index is 1.85. The van der Waals surface area contributed by atoms with Crippen LogP contribution >= 0.6 is 0 Å². The molecular weight excluding hydrogens is 404 g/mol. The molecule has 0 N–H and O–H groups in total.